The number of nitrogens with zero attached hydrogens (tertiary/aromatic N) is 2. The van der Waals surface area contributed by atoms with Crippen molar-refractivity contribution in [1.82, 2.24) is 9.97 Å². The maximum absolute atomic E-state index is 11.3. The number of aromatic hydroxyl groups is 2. The van der Waals surface area contributed by atoms with Gasteiger partial charge >= 0.3 is 0 Å². The van der Waals surface area contributed by atoms with Gasteiger partial charge in [-0.25, -0.2) is 9.97 Å². The second kappa shape index (κ2) is 14.3. The van der Waals surface area contributed by atoms with Gasteiger partial charge in [-0.2, -0.15) is 0 Å². The minimum absolute atomic E-state index is 0. The summed E-state index contributed by atoms with van der Waals surface area (Å²) in [6.07, 6.45) is 0. The Bertz CT molecular complexity index is 2550. The number of hydrogen-bond acceptors (Lipinski definition) is 4. The number of rotatable bonds is 6. The van der Waals surface area contributed by atoms with E-state index in [9.17, 15) is 10.2 Å². The minimum Gasteiger partial charge on any atom is -0.507 e. The van der Waals surface area contributed by atoms with Crippen LogP contribution in [0.15, 0.2) is 182 Å². The average Bonchev–Trinajstić information content (AvgIpc) is 3.21. The molecular weight excluding hydrogens is 832 g/mol. The molecule has 0 saturated heterocycles. The molecule has 5 heteroatoms. The first-order valence-electron chi connectivity index (χ1n) is 17.3. The number of aromatic nitrogens is 2. The van der Waals surface area contributed by atoms with Crippen LogP contribution in [-0.2, 0) is 21.1 Å². The van der Waals surface area contributed by atoms with Crippen LogP contribution in [0.2, 0.25) is 0 Å². The Kier molecular flexibility index (Phi) is 9.14. The third-order valence-electron chi connectivity index (χ3n) is 9.69. The fraction of sp³-hybridized carbons (Fsp3) is 0. The van der Waals surface area contributed by atoms with Crippen molar-refractivity contribution >= 4 is 21.8 Å². The van der Waals surface area contributed by atoms with Crippen LogP contribution < -0.4 is 0 Å². The SMILES string of the molecule is Oc1ccc(-c2ccccc2)cc1-c1cc(-c2ccccc2)c2ccc3c(-c4ccccc4)cc(-c4cc(-c5ccccc5)ccc4O)nc3c2n1.[Pt]. The van der Waals surface area contributed by atoms with Gasteiger partial charge < -0.3 is 10.2 Å². The fourth-order valence-electron chi connectivity index (χ4n) is 7.07. The Labute approximate surface area is 322 Å². The summed E-state index contributed by atoms with van der Waals surface area (Å²) in [4.78, 5) is 10.7. The summed E-state index contributed by atoms with van der Waals surface area (Å²) in [7, 11) is 0. The molecule has 53 heavy (non-hydrogen) atoms. The molecule has 0 aliphatic heterocycles. The molecule has 0 atom stereocenters. The molecule has 2 aromatic heterocycles. The molecule has 0 amide bonds. The van der Waals surface area contributed by atoms with Crippen LogP contribution in [0.25, 0.3) is 88.8 Å². The van der Waals surface area contributed by atoms with E-state index >= 15 is 0 Å². The molecule has 0 unspecified atom stereocenters. The Balaban J connectivity index is 0.00000400. The number of pyridine rings is 2. The minimum atomic E-state index is 0. The van der Waals surface area contributed by atoms with Crippen LogP contribution in [0, 0.1) is 0 Å². The topological polar surface area (TPSA) is 66.2 Å². The molecule has 0 saturated carbocycles. The maximum Gasteiger partial charge on any atom is 0.125 e. The van der Waals surface area contributed by atoms with Gasteiger partial charge in [0.25, 0.3) is 0 Å². The van der Waals surface area contributed by atoms with Crippen molar-refractivity contribution in [1.29, 1.82) is 0 Å². The Hall–Kier alpha value is -6.35. The van der Waals surface area contributed by atoms with E-state index < -0.39 is 0 Å². The van der Waals surface area contributed by atoms with Crippen molar-refractivity contribution in [3.05, 3.63) is 182 Å². The molecule has 0 aliphatic carbocycles. The van der Waals surface area contributed by atoms with Crippen LogP contribution in [0.3, 0.4) is 0 Å². The number of hydrogen-bond donors (Lipinski definition) is 2. The van der Waals surface area contributed by atoms with E-state index in [0.29, 0.717) is 33.5 Å². The van der Waals surface area contributed by atoms with Gasteiger partial charge in [-0.3, -0.25) is 0 Å². The standard InChI is InChI=1S/C48H32N2O2.Pt/c51-45-25-21-35(31-13-5-1-6-14-31)27-41(45)43-29-39(33-17-9-3-10-18-33)37-23-24-38-40(34-19-11-4-12-20-34)30-44(50-48(38)47(37)49-43)42-28-36(22-26-46(42)52)32-15-7-2-8-16-32;/h1-30,51-52H;. The second-order valence-electron chi connectivity index (χ2n) is 12.9. The molecule has 7 aromatic carbocycles. The molecule has 0 bridgehead atoms. The van der Waals surface area contributed by atoms with Gasteiger partial charge in [0.15, 0.2) is 0 Å². The molecule has 2 heterocycles. The van der Waals surface area contributed by atoms with E-state index in [1.165, 1.54) is 0 Å². The van der Waals surface area contributed by atoms with Crippen LogP contribution in [-0.4, -0.2) is 20.2 Å². The summed E-state index contributed by atoms with van der Waals surface area (Å²) >= 11 is 0. The molecule has 0 radical (unpaired) electrons. The van der Waals surface area contributed by atoms with Crippen LogP contribution in [0.1, 0.15) is 0 Å². The molecular formula is C48H32N2O2Pt. The summed E-state index contributed by atoms with van der Waals surface area (Å²) in [6.45, 7) is 0. The van der Waals surface area contributed by atoms with Crippen LogP contribution in [0.4, 0.5) is 0 Å². The average molecular weight is 864 g/mol. The largest absolute Gasteiger partial charge is 0.507 e. The van der Waals surface area contributed by atoms with E-state index in [1.54, 1.807) is 12.1 Å². The van der Waals surface area contributed by atoms with Gasteiger partial charge in [-0.1, -0.05) is 146 Å². The number of fused-ring (bicyclic) bond motifs is 3. The summed E-state index contributed by atoms with van der Waals surface area (Å²) in [6, 6.07) is 60.5. The predicted molar refractivity (Wildman–Crippen MR) is 213 cm³/mol. The molecule has 0 aliphatic rings. The number of benzene rings is 7. The van der Waals surface area contributed by atoms with E-state index in [0.717, 1.165) is 55.3 Å². The Morgan fingerprint density at radius 3 is 1.00 bits per heavy atom. The van der Waals surface area contributed by atoms with E-state index in [1.807, 2.05) is 97.1 Å². The number of phenolic OH excluding ortho intramolecular Hbond substituents is 2. The third-order valence-corrected chi connectivity index (χ3v) is 9.69. The third kappa shape index (κ3) is 6.39. The van der Waals surface area contributed by atoms with Crippen molar-refractivity contribution in [3.63, 3.8) is 0 Å². The molecule has 4 nitrogen and oxygen atoms in total. The molecule has 9 rings (SSSR count). The smallest absolute Gasteiger partial charge is 0.125 e. The van der Waals surface area contributed by atoms with Gasteiger partial charge in [0.1, 0.15) is 11.5 Å². The summed E-state index contributed by atoms with van der Waals surface area (Å²) in [5.74, 6) is 0.291. The van der Waals surface area contributed by atoms with Crippen molar-refractivity contribution < 1.29 is 31.3 Å². The monoisotopic (exact) mass is 863 g/mol. The number of phenols is 2. The zero-order valence-electron chi connectivity index (χ0n) is 28.4. The first kappa shape index (κ1) is 33.8. The first-order valence-corrected chi connectivity index (χ1v) is 17.3. The Morgan fingerprint density at radius 2 is 0.642 bits per heavy atom. The van der Waals surface area contributed by atoms with Crippen molar-refractivity contribution in [2.24, 2.45) is 0 Å². The van der Waals surface area contributed by atoms with Crippen molar-refractivity contribution in [3.8, 4) is 78.5 Å². The molecule has 256 valence electrons. The fourth-order valence-corrected chi connectivity index (χ4v) is 7.07. The van der Waals surface area contributed by atoms with Gasteiger partial charge in [-0.05, 0) is 80.9 Å². The normalized spacial score (nSPS) is 11.0. The van der Waals surface area contributed by atoms with Crippen LogP contribution in [0.5, 0.6) is 11.5 Å². The molecule has 9 aromatic rings. The van der Waals surface area contributed by atoms with Gasteiger partial charge in [0, 0.05) is 43.0 Å². The van der Waals surface area contributed by atoms with Gasteiger partial charge in [0.05, 0.1) is 22.4 Å². The quantitative estimate of drug-likeness (QED) is 0.163. The molecule has 2 N–H and O–H groups in total. The van der Waals surface area contributed by atoms with Gasteiger partial charge in [0.2, 0.25) is 0 Å². The van der Waals surface area contributed by atoms with Crippen molar-refractivity contribution in [2.75, 3.05) is 0 Å². The maximum atomic E-state index is 11.3. The van der Waals surface area contributed by atoms with E-state index in [2.05, 4.69) is 72.8 Å². The summed E-state index contributed by atoms with van der Waals surface area (Å²) in [5.41, 5.74) is 12.0. The Morgan fingerprint density at radius 1 is 0.302 bits per heavy atom. The second-order valence-corrected chi connectivity index (χ2v) is 12.9. The first-order chi connectivity index (χ1) is 25.6. The van der Waals surface area contributed by atoms with Gasteiger partial charge in [-0.15, -0.1) is 0 Å². The molecule has 0 spiro atoms. The zero-order chi connectivity index (χ0) is 35.0. The van der Waals surface area contributed by atoms with Crippen LogP contribution >= 0.6 is 0 Å². The van der Waals surface area contributed by atoms with E-state index in [-0.39, 0.29) is 32.6 Å². The summed E-state index contributed by atoms with van der Waals surface area (Å²) < 4.78 is 0. The zero-order valence-corrected chi connectivity index (χ0v) is 30.7. The predicted octanol–water partition coefficient (Wildman–Crippen LogP) is 12.2. The summed E-state index contributed by atoms with van der Waals surface area (Å²) in [5, 5.41) is 24.5. The van der Waals surface area contributed by atoms with E-state index in [4.69, 9.17) is 9.97 Å². The molecule has 0 fully saturated rings. The van der Waals surface area contributed by atoms with Crippen molar-refractivity contribution in [2.45, 2.75) is 0 Å².